The van der Waals surface area contributed by atoms with Gasteiger partial charge in [-0.25, -0.2) is 0 Å². The van der Waals surface area contributed by atoms with Gasteiger partial charge in [0.15, 0.2) is 0 Å². The monoisotopic (exact) mass is 827 g/mol. The molecule has 0 radical (unpaired) electrons. The fraction of sp³-hybridized carbons (Fsp3) is 0.578. The fourth-order valence-corrected chi connectivity index (χ4v) is 9.02. The predicted molar refractivity (Wildman–Crippen MR) is 223 cm³/mol. The minimum Gasteiger partial charge on any atom is -0.508 e. The highest BCUT2D eigenvalue weighted by Crippen LogP contribution is 2.26. The first-order valence-electron chi connectivity index (χ1n) is 21.8. The summed E-state index contributed by atoms with van der Waals surface area (Å²) in [4.78, 5) is 105. The van der Waals surface area contributed by atoms with E-state index >= 15 is 0 Å². The molecule has 15 heteroatoms. The van der Waals surface area contributed by atoms with Gasteiger partial charge in [-0.3, -0.25) is 33.6 Å². The molecule has 2 aromatic rings. The summed E-state index contributed by atoms with van der Waals surface area (Å²) in [6.45, 7) is 8.31. The number of nitrogens with zero attached hydrogens (tertiary/aromatic N) is 3. The molecule has 1 unspecified atom stereocenters. The van der Waals surface area contributed by atoms with E-state index in [0.29, 0.717) is 56.9 Å². The lowest BCUT2D eigenvalue weighted by Crippen LogP contribution is -2.61. The number of hydrogen-bond acceptors (Lipinski definition) is 8. The standard InChI is InChI=1S/C45H61N7O8/c1-5-27(3)37-42(57)47-33(25-29-13-8-7-9-14-29)44(59)50-22-10-15-34(50)39(54)46-32(26-30-18-20-31(53)21-19-30)43(58)51-23-11-16-35(51)41(56)49-38(28(4)6-2)45(60)52-24-12-17-36(52)40(55)48-37/h7-9,13-14,18-21,27-28,32-38,53H,5-6,10-12,15-17,22-26H2,1-4H3,(H,46,54)(H,47,57)(H,48,55)(H,49,56)/t27-,28-,32-,33-,34-,35-,36?,37-,38-/m0/s1. The Morgan fingerprint density at radius 3 is 1.42 bits per heavy atom. The van der Waals surface area contributed by atoms with Gasteiger partial charge in [0.25, 0.3) is 0 Å². The largest absolute Gasteiger partial charge is 0.508 e. The van der Waals surface area contributed by atoms with Gasteiger partial charge >= 0.3 is 0 Å². The maximum absolute atomic E-state index is 14.7. The summed E-state index contributed by atoms with van der Waals surface area (Å²) in [7, 11) is 0. The van der Waals surface area contributed by atoms with Crippen LogP contribution in [-0.4, -0.2) is 123 Å². The van der Waals surface area contributed by atoms with Crippen molar-refractivity contribution < 1.29 is 38.7 Å². The van der Waals surface area contributed by atoms with Gasteiger partial charge < -0.3 is 41.1 Å². The molecule has 9 atom stereocenters. The van der Waals surface area contributed by atoms with Crippen molar-refractivity contribution in [3.63, 3.8) is 0 Å². The third-order valence-corrected chi connectivity index (χ3v) is 13.0. The van der Waals surface area contributed by atoms with E-state index in [0.717, 1.165) is 5.56 Å². The summed E-state index contributed by atoms with van der Waals surface area (Å²) >= 11 is 0. The van der Waals surface area contributed by atoms with Gasteiger partial charge in [0.1, 0.15) is 48.0 Å². The molecule has 0 aliphatic carbocycles. The third-order valence-electron chi connectivity index (χ3n) is 13.0. The smallest absolute Gasteiger partial charge is 0.246 e. The quantitative estimate of drug-likeness (QED) is 0.267. The van der Waals surface area contributed by atoms with Crippen LogP contribution in [0, 0.1) is 11.8 Å². The maximum atomic E-state index is 14.7. The SMILES string of the molecule is CC[C@H](C)[C@@H]1NC(=O)C2CCCN2C(=O)[C@H]([C@@H](C)CC)NC(=O)[C@@H]2CCCN2C(=O)[C@H](Cc2ccc(O)cc2)NC(=O)[C@@H]2CCCN2C(=O)[C@H](Cc2ccccc2)NC1=O. The van der Waals surface area contributed by atoms with E-state index in [4.69, 9.17) is 0 Å². The van der Waals surface area contributed by atoms with Crippen LogP contribution in [0.2, 0.25) is 0 Å². The zero-order valence-electron chi connectivity index (χ0n) is 35.2. The Morgan fingerprint density at radius 1 is 0.533 bits per heavy atom. The third kappa shape index (κ3) is 9.93. The van der Waals surface area contributed by atoms with Gasteiger partial charge in [-0.05, 0) is 73.6 Å². The highest BCUT2D eigenvalue weighted by atomic mass is 16.3. The van der Waals surface area contributed by atoms with Crippen LogP contribution in [0.5, 0.6) is 5.75 Å². The summed E-state index contributed by atoms with van der Waals surface area (Å²) in [6.07, 6.45) is 3.88. The number of hydrogen-bond donors (Lipinski definition) is 5. The molecule has 6 rings (SSSR count). The van der Waals surface area contributed by atoms with Crippen LogP contribution in [0.25, 0.3) is 0 Å². The van der Waals surface area contributed by atoms with Gasteiger partial charge in [-0.1, -0.05) is 83.0 Å². The topological polar surface area (TPSA) is 198 Å². The number of phenolic OH excluding ortho intramolecular Hbond substituents is 1. The normalized spacial score (nSPS) is 28.4. The van der Waals surface area contributed by atoms with Crippen LogP contribution < -0.4 is 21.3 Å². The molecule has 4 saturated heterocycles. The number of rotatable bonds is 8. The van der Waals surface area contributed by atoms with Crippen LogP contribution in [0.15, 0.2) is 54.6 Å². The lowest BCUT2D eigenvalue weighted by molar-refractivity contribution is -0.145. The van der Waals surface area contributed by atoms with Crippen molar-refractivity contribution in [3.8, 4) is 5.75 Å². The first kappa shape index (κ1) is 44.1. The summed E-state index contributed by atoms with van der Waals surface area (Å²) in [6, 6.07) is 8.53. The molecule has 4 heterocycles. The zero-order chi connectivity index (χ0) is 43.1. The molecule has 2 aromatic carbocycles. The Kier molecular flexibility index (Phi) is 14.5. The molecule has 324 valence electrons. The number of carbonyl (C=O) groups is 7. The van der Waals surface area contributed by atoms with E-state index < -0.39 is 83.6 Å². The number of carbonyl (C=O) groups excluding carboxylic acids is 7. The molecule has 0 bridgehead atoms. The average Bonchev–Trinajstić information content (AvgIpc) is 4.06. The Bertz CT molecular complexity index is 1890. The molecule has 0 saturated carbocycles. The van der Waals surface area contributed by atoms with Gasteiger partial charge in [0, 0.05) is 32.5 Å². The molecule has 15 nitrogen and oxygen atoms in total. The fourth-order valence-electron chi connectivity index (χ4n) is 9.02. The minimum atomic E-state index is -1.13. The van der Waals surface area contributed by atoms with Crippen molar-refractivity contribution in [2.45, 2.75) is 134 Å². The second-order valence-electron chi connectivity index (χ2n) is 17.0. The first-order valence-corrected chi connectivity index (χ1v) is 21.8. The highest BCUT2D eigenvalue weighted by Gasteiger charge is 2.45. The van der Waals surface area contributed by atoms with Crippen LogP contribution in [0.3, 0.4) is 0 Å². The summed E-state index contributed by atoms with van der Waals surface area (Å²) in [5, 5.41) is 21.8. The van der Waals surface area contributed by atoms with Gasteiger partial charge in [0.05, 0.1) is 0 Å². The molecule has 4 aliphatic heterocycles. The van der Waals surface area contributed by atoms with Gasteiger partial charge in [-0.2, -0.15) is 0 Å². The molecule has 60 heavy (non-hydrogen) atoms. The molecular weight excluding hydrogens is 767 g/mol. The van der Waals surface area contributed by atoms with E-state index in [1.807, 2.05) is 58.0 Å². The predicted octanol–water partition coefficient (Wildman–Crippen LogP) is 2.20. The first-order chi connectivity index (χ1) is 28.8. The number of amides is 7. The Hall–Kier alpha value is -5.47. The Balaban J connectivity index is 1.40. The molecule has 5 N–H and O–H groups in total. The van der Waals surface area contributed by atoms with Crippen molar-refractivity contribution in [1.82, 2.24) is 36.0 Å². The van der Waals surface area contributed by atoms with E-state index in [1.165, 1.54) is 26.8 Å². The molecular formula is C45H61N7O8. The number of aromatic hydroxyl groups is 1. The van der Waals surface area contributed by atoms with Crippen LogP contribution in [0.1, 0.15) is 90.2 Å². The lowest BCUT2D eigenvalue weighted by atomic mass is 9.95. The number of benzene rings is 2. The average molecular weight is 828 g/mol. The van der Waals surface area contributed by atoms with Crippen molar-refractivity contribution >= 4 is 41.4 Å². The van der Waals surface area contributed by atoms with Gasteiger partial charge in [-0.15, -0.1) is 0 Å². The van der Waals surface area contributed by atoms with Gasteiger partial charge in [0.2, 0.25) is 41.4 Å². The van der Waals surface area contributed by atoms with Crippen molar-refractivity contribution in [3.05, 3.63) is 65.7 Å². The van der Waals surface area contributed by atoms with Crippen LogP contribution in [0.4, 0.5) is 0 Å². The zero-order valence-corrected chi connectivity index (χ0v) is 35.2. The second-order valence-corrected chi connectivity index (χ2v) is 17.0. The van der Waals surface area contributed by atoms with E-state index in [9.17, 15) is 38.7 Å². The minimum absolute atomic E-state index is 0.0378. The highest BCUT2D eigenvalue weighted by molar-refractivity contribution is 5.99. The van der Waals surface area contributed by atoms with Crippen LogP contribution in [-0.2, 0) is 46.4 Å². The summed E-state index contributed by atoms with van der Waals surface area (Å²) in [5.74, 6) is -4.06. The maximum Gasteiger partial charge on any atom is 0.246 e. The molecule has 4 fully saturated rings. The van der Waals surface area contributed by atoms with Crippen LogP contribution >= 0.6 is 0 Å². The van der Waals surface area contributed by atoms with E-state index in [1.54, 1.807) is 12.1 Å². The molecule has 4 aliphatic rings. The van der Waals surface area contributed by atoms with E-state index in [2.05, 4.69) is 21.3 Å². The van der Waals surface area contributed by atoms with Crippen molar-refractivity contribution in [1.29, 1.82) is 0 Å². The molecule has 7 amide bonds. The Labute approximate surface area is 352 Å². The summed E-state index contributed by atoms with van der Waals surface area (Å²) < 4.78 is 0. The van der Waals surface area contributed by atoms with Crippen molar-refractivity contribution in [2.75, 3.05) is 19.6 Å². The number of phenols is 1. The summed E-state index contributed by atoms with van der Waals surface area (Å²) in [5.41, 5.74) is 1.44. The second kappa shape index (κ2) is 19.7. The molecule has 0 spiro atoms. The van der Waals surface area contributed by atoms with Crippen molar-refractivity contribution in [2.24, 2.45) is 11.8 Å². The van der Waals surface area contributed by atoms with E-state index in [-0.39, 0.29) is 50.1 Å². The number of nitrogens with one attached hydrogen (secondary N) is 4. The lowest BCUT2D eigenvalue weighted by Gasteiger charge is -2.34. The number of fused-ring (bicyclic) bond motifs is 3. The Morgan fingerprint density at radius 2 is 0.933 bits per heavy atom. The molecule has 0 aromatic heterocycles.